The Labute approximate surface area is 171 Å². The molecule has 0 unspecified atom stereocenters. The maximum absolute atomic E-state index is 13.2. The van der Waals surface area contributed by atoms with E-state index in [2.05, 4.69) is 5.32 Å². The molecule has 1 saturated heterocycles. The number of carbonyl (C=O) groups is 2. The smallest absolute Gasteiger partial charge is 0.353 e. The molecule has 0 spiro atoms. The van der Waals surface area contributed by atoms with Crippen molar-refractivity contribution >= 4 is 23.4 Å². The highest BCUT2D eigenvalue weighted by Crippen LogP contribution is 2.32. The van der Waals surface area contributed by atoms with Crippen LogP contribution in [0.2, 0.25) is 5.02 Å². The van der Waals surface area contributed by atoms with Crippen LogP contribution < -0.4 is 5.32 Å². The normalized spacial score (nSPS) is 15.2. The molecule has 0 aromatic heterocycles. The number of likely N-dealkylation sites (tertiary alicyclic amines) is 1. The van der Waals surface area contributed by atoms with Gasteiger partial charge in [-0.05, 0) is 42.7 Å². The van der Waals surface area contributed by atoms with Crippen LogP contribution in [0.5, 0.6) is 0 Å². The van der Waals surface area contributed by atoms with E-state index in [-0.39, 0.29) is 37.0 Å². The number of amides is 2. The van der Waals surface area contributed by atoms with Gasteiger partial charge in [-0.1, -0.05) is 35.9 Å². The highest BCUT2D eigenvalue weighted by Gasteiger charge is 2.36. The number of rotatable bonds is 4. The summed E-state index contributed by atoms with van der Waals surface area (Å²) in [5.41, 5.74) is -0.433. The van der Waals surface area contributed by atoms with Crippen LogP contribution in [0.1, 0.15) is 34.3 Å². The SMILES string of the molecule is O=C(Cc1ccc(Cl)cc1)NC1CCN(C(=O)c2ccccc2C(F)(F)F)CC1. The standard InChI is InChI=1S/C21H20ClF3N2O2/c22-15-7-5-14(6-8-15)13-19(28)26-16-9-11-27(12-10-16)20(29)17-3-1-2-4-18(17)21(23,24)25/h1-8,16H,9-13H2,(H,26,28). The Morgan fingerprint density at radius 1 is 1.03 bits per heavy atom. The van der Waals surface area contributed by atoms with Crippen molar-refractivity contribution < 1.29 is 22.8 Å². The first-order valence-electron chi connectivity index (χ1n) is 9.23. The van der Waals surface area contributed by atoms with Crippen molar-refractivity contribution in [1.82, 2.24) is 10.2 Å². The molecule has 2 aromatic rings. The number of halogens is 4. The van der Waals surface area contributed by atoms with Crippen LogP contribution in [0.15, 0.2) is 48.5 Å². The summed E-state index contributed by atoms with van der Waals surface area (Å²) in [4.78, 5) is 26.2. The minimum Gasteiger partial charge on any atom is -0.353 e. The Kier molecular flexibility index (Phi) is 6.47. The molecule has 1 fully saturated rings. The second-order valence-electron chi connectivity index (χ2n) is 6.98. The van der Waals surface area contributed by atoms with Crippen molar-refractivity contribution in [3.05, 3.63) is 70.2 Å². The lowest BCUT2D eigenvalue weighted by atomic mass is 10.0. The number of hydrogen-bond acceptors (Lipinski definition) is 2. The van der Waals surface area contributed by atoms with Crippen molar-refractivity contribution in [2.45, 2.75) is 31.5 Å². The van der Waals surface area contributed by atoms with E-state index in [9.17, 15) is 22.8 Å². The van der Waals surface area contributed by atoms with Crippen molar-refractivity contribution in [3.8, 4) is 0 Å². The zero-order chi connectivity index (χ0) is 21.0. The van der Waals surface area contributed by atoms with Crippen molar-refractivity contribution in [3.63, 3.8) is 0 Å². The Bertz CT molecular complexity index is 876. The average molecular weight is 425 g/mol. The van der Waals surface area contributed by atoms with Crippen LogP contribution in [-0.4, -0.2) is 35.8 Å². The van der Waals surface area contributed by atoms with E-state index in [1.165, 1.54) is 23.1 Å². The van der Waals surface area contributed by atoms with E-state index in [1.807, 2.05) is 0 Å². The topological polar surface area (TPSA) is 49.4 Å². The molecule has 3 rings (SSSR count). The molecule has 2 aromatic carbocycles. The third-order valence-corrected chi connectivity index (χ3v) is 5.14. The molecule has 0 saturated carbocycles. The van der Waals surface area contributed by atoms with E-state index >= 15 is 0 Å². The highest BCUT2D eigenvalue weighted by atomic mass is 35.5. The van der Waals surface area contributed by atoms with Crippen molar-refractivity contribution in [2.75, 3.05) is 13.1 Å². The van der Waals surface area contributed by atoms with Crippen LogP contribution in [0.4, 0.5) is 13.2 Å². The molecule has 1 aliphatic heterocycles. The van der Waals surface area contributed by atoms with Gasteiger partial charge in [0.1, 0.15) is 0 Å². The fraction of sp³-hybridized carbons (Fsp3) is 0.333. The number of nitrogens with zero attached hydrogens (tertiary/aromatic N) is 1. The van der Waals surface area contributed by atoms with E-state index in [1.54, 1.807) is 24.3 Å². The number of carbonyl (C=O) groups excluding carboxylic acids is 2. The summed E-state index contributed by atoms with van der Waals surface area (Å²) in [6.45, 7) is 0.577. The van der Waals surface area contributed by atoms with Crippen molar-refractivity contribution in [1.29, 1.82) is 0 Å². The maximum Gasteiger partial charge on any atom is 0.417 e. The van der Waals surface area contributed by atoms with E-state index < -0.39 is 17.6 Å². The lowest BCUT2D eigenvalue weighted by molar-refractivity contribution is -0.138. The summed E-state index contributed by atoms with van der Waals surface area (Å²) in [6.07, 6.45) is -3.38. The predicted octanol–water partition coefficient (Wildman–Crippen LogP) is 4.32. The first kappa shape index (κ1) is 21.2. The third kappa shape index (κ3) is 5.50. The molecule has 0 atom stereocenters. The summed E-state index contributed by atoms with van der Waals surface area (Å²) < 4.78 is 39.5. The second-order valence-corrected chi connectivity index (χ2v) is 7.42. The van der Waals surface area contributed by atoms with Gasteiger partial charge in [0.25, 0.3) is 5.91 Å². The number of benzene rings is 2. The summed E-state index contributed by atoms with van der Waals surface area (Å²) in [6, 6.07) is 11.7. The summed E-state index contributed by atoms with van der Waals surface area (Å²) >= 11 is 5.83. The summed E-state index contributed by atoms with van der Waals surface area (Å²) in [5.74, 6) is -0.775. The molecular formula is C21H20ClF3N2O2. The van der Waals surface area contributed by atoms with Gasteiger partial charge in [-0.15, -0.1) is 0 Å². The molecule has 154 valence electrons. The molecular weight excluding hydrogens is 405 g/mol. The molecule has 1 aliphatic rings. The maximum atomic E-state index is 13.2. The summed E-state index contributed by atoms with van der Waals surface area (Å²) in [7, 11) is 0. The van der Waals surface area contributed by atoms with Crippen LogP contribution in [0, 0.1) is 0 Å². The molecule has 29 heavy (non-hydrogen) atoms. The van der Waals surface area contributed by atoms with Crippen LogP contribution in [0.25, 0.3) is 0 Å². The summed E-state index contributed by atoms with van der Waals surface area (Å²) in [5, 5.41) is 3.52. The molecule has 1 heterocycles. The van der Waals surface area contributed by atoms with Gasteiger partial charge in [0, 0.05) is 24.2 Å². The fourth-order valence-electron chi connectivity index (χ4n) is 3.38. The number of alkyl halides is 3. The minimum absolute atomic E-state index is 0.114. The molecule has 2 amide bonds. The molecule has 0 bridgehead atoms. The van der Waals surface area contributed by atoms with Crippen LogP contribution >= 0.6 is 11.6 Å². The van der Waals surface area contributed by atoms with E-state index in [4.69, 9.17) is 11.6 Å². The Balaban J connectivity index is 1.55. The molecule has 1 N–H and O–H groups in total. The van der Waals surface area contributed by atoms with Gasteiger partial charge in [-0.25, -0.2) is 0 Å². The van der Waals surface area contributed by atoms with Gasteiger partial charge in [-0.3, -0.25) is 9.59 Å². The van der Waals surface area contributed by atoms with Crippen molar-refractivity contribution in [2.24, 2.45) is 0 Å². The van der Waals surface area contributed by atoms with Gasteiger partial charge >= 0.3 is 6.18 Å². The molecule has 4 nitrogen and oxygen atoms in total. The predicted molar refractivity (Wildman–Crippen MR) is 104 cm³/mol. The van der Waals surface area contributed by atoms with E-state index in [0.29, 0.717) is 17.9 Å². The largest absolute Gasteiger partial charge is 0.417 e. The minimum atomic E-state index is -4.58. The lowest BCUT2D eigenvalue weighted by Crippen LogP contribution is -2.47. The Morgan fingerprint density at radius 2 is 1.66 bits per heavy atom. The molecule has 0 aliphatic carbocycles. The highest BCUT2D eigenvalue weighted by molar-refractivity contribution is 6.30. The number of nitrogens with one attached hydrogen (secondary N) is 1. The molecule has 0 radical (unpaired) electrons. The number of piperidine rings is 1. The monoisotopic (exact) mass is 424 g/mol. The Hall–Kier alpha value is -2.54. The second kappa shape index (κ2) is 8.86. The average Bonchev–Trinajstić information content (AvgIpc) is 2.69. The van der Waals surface area contributed by atoms with Gasteiger partial charge in [0.05, 0.1) is 17.5 Å². The lowest BCUT2D eigenvalue weighted by Gasteiger charge is -2.33. The van der Waals surface area contributed by atoms with Gasteiger partial charge in [0.2, 0.25) is 5.91 Å². The van der Waals surface area contributed by atoms with Gasteiger partial charge in [0.15, 0.2) is 0 Å². The van der Waals surface area contributed by atoms with Crippen LogP contribution in [0.3, 0.4) is 0 Å². The first-order chi connectivity index (χ1) is 13.7. The van der Waals surface area contributed by atoms with Gasteiger partial charge in [-0.2, -0.15) is 13.2 Å². The Morgan fingerprint density at radius 3 is 2.28 bits per heavy atom. The van der Waals surface area contributed by atoms with Gasteiger partial charge < -0.3 is 10.2 Å². The van der Waals surface area contributed by atoms with E-state index in [0.717, 1.165) is 11.6 Å². The fourth-order valence-corrected chi connectivity index (χ4v) is 3.51. The zero-order valence-electron chi connectivity index (χ0n) is 15.5. The quantitative estimate of drug-likeness (QED) is 0.794. The molecule has 8 heteroatoms. The first-order valence-corrected chi connectivity index (χ1v) is 9.61. The number of hydrogen-bond donors (Lipinski definition) is 1. The zero-order valence-corrected chi connectivity index (χ0v) is 16.3. The van der Waals surface area contributed by atoms with Crippen LogP contribution in [-0.2, 0) is 17.4 Å². The third-order valence-electron chi connectivity index (χ3n) is 4.89.